The lowest BCUT2D eigenvalue weighted by Gasteiger charge is -2.22. The van der Waals surface area contributed by atoms with Gasteiger partial charge < -0.3 is 15.5 Å². The number of imidazole rings is 1. The Hall–Kier alpha value is -1.52. The maximum atomic E-state index is 8.68. The summed E-state index contributed by atoms with van der Waals surface area (Å²) in [6.45, 7) is 6.98. The average molecular weight is 238 g/mol. The van der Waals surface area contributed by atoms with Crippen molar-refractivity contribution in [2.45, 2.75) is 46.6 Å². The Kier molecular flexibility index (Phi) is 4.54. The summed E-state index contributed by atoms with van der Waals surface area (Å²) in [6, 6.07) is 0. The molecular weight excluding hydrogens is 216 g/mol. The largest absolute Gasteiger partial charge is 0.409 e. The molecule has 17 heavy (non-hydrogen) atoms. The molecule has 0 atom stereocenters. The standard InChI is InChI=1S/C12H22N4O/c1-4-10-14-7-9-16(10)8-5-6-12(2,3)11(13)15-17/h7,9,17H,4-6,8H2,1-3H3,(H2,13,15). The third-order valence-corrected chi connectivity index (χ3v) is 3.12. The molecule has 0 saturated heterocycles. The third-order valence-electron chi connectivity index (χ3n) is 3.12. The van der Waals surface area contributed by atoms with E-state index < -0.39 is 0 Å². The lowest BCUT2D eigenvalue weighted by molar-refractivity contribution is 0.303. The van der Waals surface area contributed by atoms with Crippen LogP contribution in [0.15, 0.2) is 17.5 Å². The van der Waals surface area contributed by atoms with Gasteiger partial charge in [0.05, 0.1) is 0 Å². The van der Waals surface area contributed by atoms with Crippen molar-refractivity contribution in [2.24, 2.45) is 16.3 Å². The Bertz CT molecular complexity index is 382. The summed E-state index contributed by atoms with van der Waals surface area (Å²) >= 11 is 0. The Morgan fingerprint density at radius 3 is 2.88 bits per heavy atom. The molecule has 1 aromatic heterocycles. The smallest absolute Gasteiger partial charge is 0.144 e. The van der Waals surface area contributed by atoms with Gasteiger partial charge in [-0.3, -0.25) is 0 Å². The molecule has 0 fully saturated rings. The van der Waals surface area contributed by atoms with Crippen molar-refractivity contribution in [1.82, 2.24) is 9.55 Å². The van der Waals surface area contributed by atoms with Crippen LogP contribution in [0.5, 0.6) is 0 Å². The van der Waals surface area contributed by atoms with E-state index in [0.717, 1.165) is 31.6 Å². The van der Waals surface area contributed by atoms with E-state index in [2.05, 4.69) is 21.6 Å². The summed E-state index contributed by atoms with van der Waals surface area (Å²) in [6.07, 6.45) is 6.62. The van der Waals surface area contributed by atoms with E-state index in [1.54, 1.807) is 0 Å². The predicted octanol–water partition coefficient (Wildman–Crippen LogP) is 2.00. The second kappa shape index (κ2) is 5.70. The Labute approximate surface area is 102 Å². The minimum absolute atomic E-state index is 0.262. The first-order chi connectivity index (χ1) is 8.01. The fourth-order valence-electron chi connectivity index (χ4n) is 1.81. The number of nitrogens with two attached hydrogens (primary N) is 1. The number of aromatic nitrogens is 2. The Balaban J connectivity index is 2.48. The van der Waals surface area contributed by atoms with Gasteiger partial charge in [0.15, 0.2) is 0 Å². The monoisotopic (exact) mass is 238 g/mol. The van der Waals surface area contributed by atoms with Crippen LogP contribution in [-0.2, 0) is 13.0 Å². The van der Waals surface area contributed by atoms with Gasteiger partial charge in [0.2, 0.25) is 0 Å². The number of hydrogen-bond donors (Lipinski definition) is 2. The predicted molar refractivity (Wildman–Crippen MR) is 68.0 cm³/mol. The van der Waals surface area contributed by atoms with Crippen molar-refractivity contribution in [1.29, 1.82) is 0 Å². The van der Waals surface area contributed by atoms with Crippen LogP contribution in [0, 0.1) is 5.41 Å². The quantitative estimate of drug-likeness (QED) is 0.344. The molecule has 1 aromatic rings. The summed E-state index contributed by atoms with van der Waals surface area (Å²) in [5, 5.41) is 11.8. The number of aryl methyl sites for hydroxylation is 2. The van der Waals surface area contributed by atoms with E-state index in [-0.39, 0.29) is 5.41 Å². The number of nitrogens with zero attached hydrogens (tertiary/aromatic N) is 3. The summed E-state index contributed by atoms with van der Waals surface area (Å²) in [4.78, 5) is 4.28. The molecular formula is C12H22N4O. The normalized spacial score (nSPS) is 13.0. The van der Waals surface area contributed by atoms with E-state index in [0.29, 0.717) is 5.84 Å². The summed E-state index contributed by atoms with van der Waals surface area (Å²) in [7, 11) is 0. The molecule has 0 amide bonds. The van der Waals surface area contributed by atoms with Crippen LogP contribution in [0.4, 0.5) is 0 Å². The van der Waals surface area contributed by atoms with E-state index in [1.165, 1.54) is 0 Å². The number of amidine groups is 1. The van der Waals surface area contributed by atoms with E-state index in [9.17, 15) is 0 Å². The maximum absolute atomic E-state index is 8.68. The lowest BCUT2D eigenvalue weighted by atomic mass is 9.86. The van der Waals surface area contributed by atoms with Crippen LogP contribution >= 0.6 is 0 Å². The van der Waals surface area contributed by atoms with Gasteiger partial charge in [-0.15, -0.1) is 0 Å². The molecule has 5 heteroatoms. The second-order valence-electron chi connectivity index (χ2n) is 4.86. The van der Waals surface area contributed by atoms with Crippen molar-refractivity contribution >= 4 is 5.84 Å². The van der Waals surface area contributed by atoms with Gasteiger partial charge in [0, 0.05) is 30.8 Å². The van der Waals surface area contributed by atoms with Crippen LogP contribution in [0.25, 0.3) is 0 Å². The van der Waals surface area contributed by atoms with Crippen molar-refractivity contribution in [3.63, 3.8) is 0 Å². The fraction of sp³-hybridized carbons (Fsp3) is 0.667. The molecule has 0 radical (unpaired) electrons. The maximum Gasteiger partial charge on any atom is 0.144 e. The molecule has 0 aliphatic heterocycles. The SMILES string of the molecule is CCc1nccn1CCCC(C)(C)C(N)=NO. The summed E-state index contributed by atoms with van der Waals surface area (Å²) in [5.41, 5.74) is 5.38. The van der Waals surface area contributed by atoms with E-state index in [4.69, 9.17) is 10.9 Å². The first-order valence-corrected chi connectivity index (χ1v) is 5.99. The molecule has 96 valence electrons. The van der Waals surface area contributed by atoms with Crippen LogP contribution < -0.4 is 5.73 Å². The zero-order valence-electron chi connectivity index (χ0n) is 10.8. The van der Waals surface area contributed by atoms with Crippen LogP contribution in [0.3, 0.4) is 0 Å². The Morgan fingerprint density at radius 1 is 1.59 bits per heavy atom. The molecule has 0 spiro atoms. The number of hydrogen-bond acceptors (Lipinski definition) is 3. The van der Waals surface area contributed by atoms with E-state index >= 15 is 0 Å². The molecule has 0 bridgehead atoms. The highest BCUT2D eigenvalue weighted by Crippen LogP contribution is 2.22. The van der Waals surface area contributed by atoms with Gasteiger partial charge in [0.25, 0.3) is 0 Å². The van der Waals surface area contributed by atoms with Gasteiger partial charge in [0.1, 0.15) is 11.7 Å². The number of rotatable bonds is 6. The molecule has 3 N–H and O–H groups in total. The molecule has 0 aliphatic rings. The van der Waals surface area contributed by atoms with Crippen molar-refractivity contribution in [3.8, 4) is 0 Å². The molecule has 1 rings (SSSR count). The van der Waals surface area contributed by atoms with E-state index in [1.807, 2.05) is 26.2 Å². The minimum Gasteiger partial charge on any atom is -0.409 e. The molecule has 0 unspecified atom stereocenters. The summed E-state index contributed by atoms with van der Waals surface area (Å²) < 4.78 is 2.16. The fourth-order valence-corrected chi connectivity index (χ4v) is 1.81. The molecule has 1 heterocycles. The minimum atomic E-state index is -0.262. The van der Waals surface area contributed by atoms with Crippen LogP contribution in [0.2, 0.25) is 0 Å². The van der Waals surface area contributed by atoms with Gasteiger partial charge in [-0.05, 0) is 12.8 Å². The van der Waals surface area contributed by atoms with Gasteiger partial charge in [-0.1, -0.05) is 25.9 Å². The highest BCUT2D eigenvalue weighted by atomic mass is 16.4. The van der Waals surface area contributed by atoms with Gasteiger partial charge in [-0.2, -0.15) is 0 Å². The summed E-state index contributed by atoms with van der Waals surface area (Å²) in [5.74, 6) is 1.39. The molecule has 0 aromatic carbocycles. The van der Waals surface area contributed by atoms with Crippen molar-refractivity contribution in [3.05, 3.63) is 18.2 Å². The number of oxime groups is 1. The second-order valence-corrected chi connectivity index (χ2v) is 4.86. The zero-order chi connectivity index (χ0) is 12.9. The highest BCUT2D eigenvalue weighted by Gasteiger charge is 2.22. The topological polar surface area (TPSA) is 76.4 Å². The molecule has 0 aliphatic carbocycles. The average Bonchev–Trinajstić information content (AvgIpc) is 2.75. The highest BCUT2D eigenvalue weighted by molar-refractivity contribution is 5.85. The molecule has 0 saturated carbocycles. The van der Waals surface area contributed by atoms with Crippen LogP contribution in [-0.4, -0.2) is 20.6 Å². The third kappa shape index (κ3) is 3.47. The zero-order valence-corrected chi connectivity index (χ0v) is 10.8. The van der Waals surface area contributed by atoms with Crippen molar-refractivity contribution in [2.75, 3.05) is 0 Å². The first kappa shape index (κ1) is 13.5. The van der Waals surface area contributed by atoms with Crippen LogP contribution in [0.1, 0.15) is 39.4 Å². The first-order valence-electron chi connectivity index (χ1n) is 5.99. The molecule has 5 nitrogen and oxygen atoms in total. The lowest BCUT2D eigenvalue weighted by Crippen LogP contribution is -2.32. The van der Waals surface area contributed by atoms with Crippen molar-refractivity contribution < 1.29 is 5.21 Å². The van der Waals surface area contributed by atoms with Gasteiger partial charge in [-0.25, -0.2) is 4.98 Å². The van der Waals surface area contributed by atoms with Gasteiger partial charge >= 0.3 is 0 Å². The Morgan fingerprint density at radius 2 is 2.29 bits per heavy atom.